The number of anilines is 1. The van der Waals surface area contributed by atoms with Crippen LogP contribution in [-0.2, 0) is 24.1 Å². The molecule has 2 aromatic rings. The molecule has 1 fully saturated rings. The zero-order chi connectivity index (χ0) is 16.6. The Morgan fingerprint density at radius 2 is 1.96 bits per heavy atom. The lowest BCUT2D eigenvalue weighted by molar-refractivity contribution is 0.454. The molecule has 1 N–H and O–H groups in total. The third kappa shape index (κ3) is 3.11. The largest absolute Gasteiger partial charge is 0.342 e. The molecule has 0 atom stereocenters. The number of piperidine rings is 1. The minimum Gasteiger partial charge on any atom is -0.342 e. The number of hydrogen-bond donors (Lipinski definition) is 1. The summed E-state index contributed by atoms with van der Waals surface area (Å²) in [5, 5.41) is 4.01. The van der Waals surface area contributed by atoms with Crippen LogP contribution in [0, 0.1) is 6.92 Å². The van der Waals surface area contributed by atoms with Crippen molar-refractivity contribution in [2.24, 2.45) is 14.1 Å². The predicted octanol–water partition coefficient (Wildman–Crippen LogP) is 0.409. The Balaban J connectivity index is 1.65. The molecular formula is C14H22N6O2S. The fourth-order valence-electron chi connectivity index (χ4n) is 2.89. The van der Waals surface area contributed by atoms with E-state index in [0.29, 0.717) is 5.69 Å². The lowest BCUT2D eigenvalue weighted by Gasteiger charge is -2.32. The van der Waals surface area contributed by atoms with Crippen LogP contribution < -0.4 is 9.62 Å². The van der Waals surface area contributed by atoms with Crippen molar-refractivity contribution in [3.8, 4) is 0 Å². The van der Waals surface area contributed by atoms with Crippen LogP contribution in [0.2, 0.25) is 0 Å². The number of hydrogen-bond acceptors (Lipinski definition) is 5. The molecular weight excluding hydrogens is 316 g/mol. The summed E-state index contributed by atoms with van der Waals surface area (Å²) in [5.74, 6) is 0.925. The molecule has 0 aromatic carbocycles. The summed E-state index contributed by atoms with van der Waals surface area (Å²) in [7, 11) is 0.175. The van der Waals surface area contributed by atoms with Crippen molar-refractivity contribution < 1.29 is 8.42 Å². The summed E-state index contributed by atoms with van der Waals surface area (Å²) in [4.78, 5) is 6.78. The van der Waals surface area contributed by atoms with E-state index in [0.717, 1.165) is 31.9 Å². The molecule has 1 aliphatic heterocycles. The lowest BCUT2D eigenvalue weighted by Crippen LogP contribution is -2.45. The summed E-state index contributed by atoms with van der Waals surface area (Å²) in [5.41, 5.74) is 0.642. The molecule has 3 rings (SSSR count). The first kappa shape index (κ1) is 16.0. The summed E-state index contributed by atoms with van der Waals surface area (Å²) >= 11 is 0. The van der Waals surface area contributed by atoms with Crippen molar-refractivity contribution >= 4 is 16.0 Å². The minimum absolute atomic E-state index is 0.0591. The van der Waals surface area contributed by atoms with E-state index < -0.39 is 10.0 Å². The molecule has 0 unspecified atom stereocenters. The van der Waals surface area contributed by atoms with Gasteiger partial charge < -0.3 is 9.47 Å². The fourth-order valence-corrected chi connectivity index (χ4v) is 4.39. The Labute approximate surface area is 136 Å². The van der Waals surface area contributed by atoms with Crippen molar-refractivity contribution in [3.63, 3.8) is 0 Å². The van der Waals surface area contributed by atoms with Crippen LogP contribution in [-0.4, -0.2) is 46.9 Å². The van der Waals surface area contributed by atoms with Crippen molar-refractivity contribution in [3.05, 3.63) is 24.3 Å². The number of nitrogens with zero attached hydrogens (tertiary/aromatic N) is 5. The van der Waals surface area contributed by atoms with Crippen molar-refractivity contribution in [1.29, 1.82) is 0 Å². The highest BCUT2D eigenvalue weighted by atomic mass is 32.2. The monoisotopic (exact) mass is 338 g/mol. The van der Waals surface area contributed by atoms with E-state index in [9.17, 15) is 8.42 Å². The number of nitrogens with one attached hydrogen (secondary N) is 1. The van der Waals surface area contributed by atoms with E-state index in [-0.39, 0.29) is 10.9 Å². The number of rotatable bonds is 4. The Morgan fingerprint density at radius 3 is 2.48 bits per heavy atom. The third-order valence-corrected chi connectivity index (χ3v) is 6.00. The third-order valence-electron chi connectivity index (χ3n) is 4.38. The van der Waals surface area contributed by atoms with Crippen LogP contribution >= 0.6 is 0 Å². The van der Waals surface area contributed by atoms with E-state index >= 15 is 0 Å². The zero-order valence-electron chi connectivity index (χ0n) is 13.6. The Hall–Kier alpha value is -1.87. The zero-order valence-corrected chi connectivity index (χ0v) is 14.4. The Morgan fingerprint density at radius 1 is 1.26 bits per heavy atom. The fraction of sp³-hybridized carbons (Fsp3) is 0.571. The summed E-state index contributed by atoms with van der Waals surface area (Å²) in [6.07, 6.45) is 6.60. The molecule has 0 saturated carbocycles. The quantitative estimate of drug-likeness (QED) is 0.873. The van der Waals surface area contributed by atoms with E-state index in [1.807, 2.05) is 17.8 Å². The van der Waals surface area contributed by atoms with Gasteiger partial charge in [0, 0.05) is 45.6 Å². The van der Waals surface area contributed by atoms with Crippen LogP contribution in [0.5, 0.6) is 0 Å². The van der Waals surface area contributed by atoms with Gasteiger partial charge in [0.2, 0.25) is 16.0 Å². The minimum atomic E-state index is -3.52. The van der Waals surface area contributed by atoms with Gasteiger partial charge in [0.25, 0.3) is 0 Å². The number of imidazole rings is 1. The molecule has 1 saturated heterocycles. The standard InChI is InChI=1S/C14H22N6O2S/c1-11-13(10-16-19(11)3)23(21,22)17-12-4-7-20(8-5-12)14-15-6-9-18(14)2/h6,9-10,12,17H,4-5,7-8H2,1-3H3. The van der Waals surface area contributed by atoms with Crippen LogP contribution in [0.3, 0.4) is 0 Å². The second-order valence-electron chi connectivity index (χ2n) is 5.94. The van der Waals surface area contributed by atoms with E-state index in [1.165, 1.54) is 6.20 Å². The first-order valence-corrected chi connectivity index (χ1v) is 9.10. The molecule has 8 nitrogen and oxygen atoms in total. The molecule has 0 amide bonds. The number of aryl methyl sites for hydroxylation is 2. The topological polar surface area (TPSA) is 85.1 Å². The van der Waals surface area contributed by atoms with Gasteiger partial charge in [-0.2, -0.15) is 5.10 Å². The first-order chi connectivity index (χ1) is 10.9. The predicted molar refractivity (Wildman–Crippen MR) is 86.7 cm³/mol. The van der Waals surface area contributed by atoms with Gasteiger partial charge in [-0.05, 0) is 19.8 Å². The highest BCUT2D eigenvalue weighted by Crippen LogP contribution is 2.20. The van der Waals surface area contributed by atoms with Gasteiger partial charge >= 0.3 is 0 Å². The molecule has 0 bridgehead atoms. The van der Waals surface area contributed by atoms with Gasteiger partial charge in [-0.25, -0.2) is 18.1 Å². The molecule has 9 heteroatoms. The highest BCUT2D eigenvalue weighted by Gasteiger charge is 2.27. The first-order valence-electron chi connectivity index (χ1n) is 7.61. The van der Waals surface area contributed by atoms with Crippen molar-refractivity contribution in [1.82, 2.24) is 24.1 Å². The Kier molecular flexibility index (Phi) is 4.15. The van der Waals surface area contributed by atoms with Gasteiger partial charge in [0.1, 0.15) is 4.90 Å². The van der Waals surface area contributed by atoms with E-state index in [4.69, 9.17) is 0 Å². The maximum Gasteiger partial charge on any atom is 0.244 e. The SMILES string of the molecule is Cc1c(S(=O)(=O)NC2CCN(c3nccn3C)CC2)cnn1C. The highest BCUT2D eigenvalue weighted by molar-refractivity contribution is 7.89. The van der Waals surface area contributed by atoms with Gasteiger partial charge in [0.15, 0.2) is 0 Å². The summed E-state index contributed by atoms with van der Waals surface area (Å²) < 4.78 is 31.4. The number of sulfonamides is 1. The average Bonchev–Trinajstić information content (AvgIpc) is 3.07. The van der Waals surface area contributed by atoms with Crippen molar-refractivity contribution in [2.75, 3.05) is 18.0 Å². The maximum atomic E-state index is 12.5. The molecule has 126 valence electrons. The van der Waals surface area contributed by atoms with Gasteiger partial charge in [-0.1, -0.05) is 0 Å². The second-order valence-corrected chi connectivity index (χ2v) is 7.62. The normalized spacial score (nSPS) is 16.9. The molecule has 3 heterocycles. The molecule has 0 spiro atoms. The molecule has 0 radical (unpaired) electrons. The van der Waals surface area contributed by atoms with Crippen LogP contribution in [0.25, 0.3) is 0 Å². The summed E-state index contributed by atoms with van der Waals surface area (Å²) in [6.45, 7) is 3.32. The maximum absolute atomic E-state index is 12.5. The Bertz CT molecular complexity index is 786. The molecule has 1 aliphatic rings. The second kappa shape index (κ2) is 5.97. The van der Waals surface area contributed by atoms with E-state index in [2.05, 4.69) is 19.7 Å². The van der Waals surface area contributed by atoms with Crippen LogP contribution in [0.4, 0.5) is 5.95 Å². The molecule has 2 aromatic heterocycles. The smallest absolute Gasteiger partial charge is 0.244 e. The van der Waals surface area contributed by atoms with Gasteiger partial charge in [-0.3, -0.25) is 4.68 Å². The van der Waals surface area contributed by atoms with Gasteiger partial charge in [-0.15, -0.1) is 0 Å². The van der Waals surface area contributed by atoms with Crippen LogP contribution in [0.1, 0.15) is 18.5 Å². The molecule has 23 heavy (non-hydrogen) atoms. The van der Waals surface area contributed by atoms with Gasteiger partial charge in [0.05, 0.1) is 11.9 Å². The molecule has 0 aliphatic carbocycles. The number of aromatic nitrogens is 4. The van der Waals surface area contributed by atoms with E-state index in [1.54, 1.807) is 24.9 Å². The lowest BCUT2D eigenvalue weighted by atomic mass is 10.1. The summed E-state index contributed by atoms with van der Waals surface area (Å²) in [6, 6.07) is -0.0591. The van der Waals surface area contributed by atoms with Crippen LogP contribution in [0.15, 0.2) is 23.5 Å². The van der Waals surface area contributed by atoms with Crippen molar-refractivity contribution in [2.45, 2.75) is 30.7 Å². The average molecular weight is 338 g/mol.